The van der Waals surface area contributed by atoms with Crippen LogP contribution in [-0.4, -0.2) is 58.4 Å². The Morgan fingerprint density at radius 2 is 2.04 bits per heavy atom. The maximum atomic E-state index is 12.7. The Labute approximate surface area is 134 Å². The predicted molar refractivity (Wildman–Crippen MR) is 72.4 cm³/mol. The first-order chi connectivity index (χ1) is 11.2. The number of pyridine rings is 1. The van der Waals surface area contributed by atoms with Crippen molar-refractivity contribution in [1.82, 2.24) is 9.88 Å². The number of carboxylic acids is 1. The largest absolute Gasteiger partial charge is 0.480 e. The van der Waals surface area contributed by atoms with Crippen LogP contribution in [-0.2, 0) is 4.79 Å². The topological polar surface area (TPSA) is 79.7 Å². The van der Waals surface area contributed by atoms with Crippen LogP contribution in [0.5, 0.6) is 5.88 Å². The maximum absolute atomic E-state index is 12.7. The van der Waals surface area contributed by atoms with Crippen molar-refractivity contribution in [3.05, 3.63) is 23.9 Å². The van der Waals surface area contributed by atoms with Crippen LogP contribution in [0.4, 0.5) is 17.6 Å². The normalized spacial score (nSPS) is 14.5. The summed E-state index contributed by atoms with van der Waals surface area (Å²) in [7, 11) is 0. The number of aromatic nitrogens is 1. The molecule has 0 saturated heterocycles. The summed E-state index contributed by atoms with van der Waals surface area (Å²) in [6.45, 7) is -2.00. The van der Waals surface area contributed by atoms with E-state index in [9.17, 15) is 27.2 Å². The van der Waals surface area contributed by atoms with Crippen LogP contribution >= 0.6 is 0 Å². The van der Waals surface area contributed by atoms with Crippen LogP contribution in [0.3, 0.4) is 0 Å². The monoisotopic (exact) mass is 350 g/mol. The molecule has 1 aromatic rings. The molecule has 0 aromatic carbocycles. The molecule has 1 saturated carbocycles. The Morgan fingerprint density at radius 1 is 1.38 bits per heavy atom. The minimum Gasteiger partial charge on any atom is -0.480 e. The molecule has 0 bridgehead atoms. The molecule has 132 valence electrons. The minimum atomic E-state index is -4.31. The second-order valence-electron chi connectivity index (χ2n) is 5.29. The molecule has 2 rings (SSSR count). The first-order valence-corrected chi connectivity index (χ1v) is 6.98. The average Bonchev–Trinajstić information content (AvgIpc) is 3.35. The third-order valence-corrected chi connectivity index (χ3v) is 3.27. The van der Waals surface area contributed by atoms with E-state index in [0.717, 1.165) is 12.3 Å². The molecule has 1 fully saturated rings. The molecule has 0 radical (unpaired) electrons. The fourth-order valence-electron chi connectivity index (χ4n) is 1.89. The van der Waals surface area contributed by atoms with Gasteiger partial charge in [-0.05, 0) is 18.9 Å². The standard InChI is InChI=1S/C14H14F4N2O4/c15-13(16)14(17,18)7-24-10-4-1-8(5-19-10)12(23)20(6-11(21)22)9-2-3-9/h1,4-5,9,13H,2-3,6-7H2,(H,21,22). The summed E-state index contributed by atoms with van der Waals surface area (Å²) in [5.74, 6) is -6.36. The quantitative estimate of drug-likeness (QED) is 0.726. The van der Waals surface area contributed by atoms with Gasteiger partial charge >= 0.3 is 18.3 Å². The molecule has 1 amide bonds. The first kappa shape index (κ1) is 18.0. The van der Waals surface area contributed by atoms with Crippen molar-refractivity contribution in [1.29, 1.82) is 0 Å². The van der Waals surface area contributed by atoms with Crippen LogP contribution in [0.2, 0.25) is 0 Å². The second-order valence-corrected chi connectivity index (χ2v) is 5.29. The summed E-state index contributed by atoms with van der Waals surface area (Å²) in [5, 5.41) is 8.83. The molecule has 0 spiro atoms. The summed E-state index contributed by atoms with van der Waals surface area (Å²) in [6.07, 6.45) is -1.43. The maximum Gasteiger partial charge on any atom is 0.340 e. The van der Waals surface area contributed by atoms with E-state index < -0.39 is 37.4 Å². The van der Waals surface area contributed by atoms with Crippen molar-refractivity contribution in [2.24, 2.45) is 0 Å². The molecule has 1 aliphatic carbocycles. The molecular formula is C14H14F4N2O4. The van der Waals surface area contributed by atoms with E-state index in [1.165, 1.54) is 11.0 Å². The third kappa shape index (κ3) is 4.56. The van der Waals surface area contributed by atoms with E-state index in [0.29, 0.717) is 12.8 Å². The number of rotatable bonds is 8. The molecule has 0 unspecified atom stereocenters. The van der Waals surface area contributed by atoms with Crippen molar-refractivity contribution in [2.45, 2.75) is 31.2 Å². The molecule has 10 heteroatoms. The lowest BCUT2D eigenvalue weighted by Gasteiger charge is -2.20. The lowest BCUT2D eigenvalue weighted by molar-refractivity contribution is -0.148. The van der Waals surface area contributed by atoms with Gasteiger partial charge in [-0.1, -0.05) is 0 Å². The van der Waals surface area contributed by atoms with Gasteiger partial charge in [-0.2, -0.15) is 8.78 Å². The van der Waals surface area contributed by atoms with Crippen LogP contribution < -0.4 is 4.74 Å². The van der Waals surface area contributed by atoms with Crippen molar-refractivity contribution >= 4 is 11.9 Å². The highest BCUT2D eigenvalue weighted by molar-refractivity contribution is 5.96. The Hall–Kier alpha value is -2.39. The van der Waals surface area contributed by atoms with Gasteiger partial charge in [0.2, 0.25) is 5.88 Å². The predicted octanol–water partition coefficient (Wildman–Crippen LogP) is 2.05. The summed E-state index contributed by atoms with van der Waals surface area (Å²) < 4.78 is 54.0. The van der Waals surface area contributed by atoms with E-state index in [2.05, 4.69) is 9.72 Å². The number of hydrogen-bond acceptors (Lipinski definition) is 4. The Morgan fingerprint density at radius 3 is 2.50 bits per heavy atom. The SMILES string of the molecule is O=C(O)CN(C(=O)c1ccc(OCC(F)(F)C(F)F)nc1)C1CC1. The van der Waals surface area contributed by atoms with Crippen LogP contribution in [0.15, 0.2) is 18.3 Å². The highest BCUT2D eigenvalue weighted by atomic mass is 19.3. The summed E-state index contributed by atoms with van der Waals surface area (Å²) in [4.78, 5) is 27.8. The van der Waals surface area contributed by atoms with Gasteiger partial charge < -0.3 is 14.7 Å². The van der Waals surface area contributed by atoms with Gasteiger partial charge in [0.05, 0.1) is 5.56 Å². The summed E-state index contributed by atoms with van der Waals surface area (Å²) in [5.41, 5.74) is 0.0520. The molecule has 6 nitrogen and oxygen atoms in total. The molecule has 1 heterocycles. The number of hydrogen-bond donors (Lipinski definition) is 1. The number of alkyl halides is 4. The van der Waals surface area contributed by atoms with Gasteiger partial charge in [0.1, 0.15) is 6.54 Å². The number of amides is 1. The molecule has 1 aliphatic rings. The van der Waals surface area contributed by atoms with Gasteiger partial charge in [0.15, 0.2) is 6.61 Å². The number of nitrogens with zero attached hydrogens (tertiary/aromatic N) is 2. The van der Waals surface area contributed by atoms with Crippen LogP contribution in [0.1, 0.15) is 23.2 Å². The minimum absolute atomic E-state index is 0.0520. The Balaban J connectivity index is 2.00. The zero-order chi connectivity index (χ0) is 17.9. The molecule has 0 aliphatic heterocycles. The van der Waals surface area contributed by atoms with E-state index in [4.69, 9.17) is 5.11 Å². The number of aliphatic carboxylic acids is 1. The molecule has 24 heavy (non-hydrogen) atoms. The first-order valence-electron chi connectivity index (χ1n) is 6.98. The zero-order valence-corrected chi connectivity index (χ0v) is 12.3. The van der Waals surface area contributed by atoms with Gasteiger partial charge in [-0.15, -0.1) is 0 Å². The lowest BCUT2D eigenvalue weighted by Crippen LogP contribution is -2.37. The highest BCUT2D eigenvalue weighted by Gasteiger charge is 2.42. The Kier molecular flexibility index (Phi) is 5.25. The smallest absolute Gasteiger partial charge is 0.340 e. The molecule has 1 aromatic heterocycles. The number of carbonyl (C=O) groups excluding carboxylic acids is 1. The Bertz CT molecular complexity index is 605. The van der Waals surface area contributed by atoms with Crippen molar-refractivity contribution in [2.75, 3.05) is 13.2 Å². The number of carboxylic acid groups (broad SMARTS) is 1. The lowest BCUT2D eigenvalue weighted by atomic mass is 10.2. The second kappa shape index (κ2) is 7.02. The van der Waals surface area contributed by atoms with Crippen molar-refractivity contribution < 1.29 is 37.0 Å². The fraction of sp³-hybridized carbons (Fsp3) is 0.500. The van der Waals surface area contributed by atoms with Crippen molar-refractivity contribution in [3.8, 4) is 5.88 Å². The van der Waals surface area contributed by atoms with E-state index >= 15 is 0 Å². The zero-order valence-electron chi connectivity index (χ0n) is 12.3. The van der Waals surface area contributed by atoms with Crippen LogP contribution in [0.25, 0.3) is 0 Å². The van der Waals surface area contributed by atoms with Gasteiger partial charge in [0.25, 0.3) is 5.91 Å². The van der Waals surface area contributed by atoms with E-state index in [1.54, 1.807) is 0 Å². The molecular weight excluding hydrogens is 336 g/mol. The molecule has 0 atom stereocenters. The van der Waals surface area contributed by atoms with Gasteiger partial charge in [0, 0.05) is 18.3 Å². The fourth-order valence-corrected chi connectivity index (χ4v) is 1.89. The highest BCUT2D eigenvalue weighted by Crippen LogP contribution is 2.28. The van der Waals surface area contributed by atoms with Crippen LogP contribution in [0, 0.1) is 0 Å². The van der Waals surface area contributed by atoms with Gasteiger partial charge in [-0.3, -0.25) is 9.59 Å². The summed E-state index contributed by atoms with van der Waals surface area (Å²) >= 11 is 0. The number of halogens is 4. The van der Waals surface area contributed by atoms with Gasteiger partial charge in [-0.25, -0.2) is 13.8 Å². The number of ether oxygens (including phenoxy) is 1. The molecule has 1 N–H and O–H groups in total. The third-order valence-electron chi connectivity index (χ3n) is 3.27. The van der Waals surface area contributed by atoms with E-state index in [1.807, 2.05) is 0 Å². The number of carbonyl (C=O) groups is 2. The average molecular weight is 350 g/mol. The van der Waals surface area contributed by atoms with Crippen molar-refractivity contribution in [3.63, 3.8) is 0 Å². The summed E-state index contributed by atoms with van der Waals surface area (Å²) in [6, 6.07) is 2.15. The van der Waals surface area contributed by atoms with E-state index in [-0.39, 0.29) is 17.5 Å².